The molecule has 0 aliphatic carbocycles. The summed E-state index contributed by atoms with van der Waals surface area (Å²) in [6, 6.07) is 0. The molecule has 1 aliphatic heterocycles. The number of hydrogen-bond acceptors (Lipinski definition) is 3. The minimum Gasteiger partial charge on any atom is -0.454 e. The van der Waals surface area contributed by atoms with Crippen molar-refractivity contribution < 1.29 is 14.6 Å². The van der Waals surface area contributed by atoms with Crippen LogP contribution in [0.3, 0.4) is 0 Å². The second-order valence-corrected chi connectivity index (χ2v) is 7.67. The largest absolute Gasteiger partial charge is 0.454 e. The Morgan fingerprint density at radius 3 is 2.35 bits per heavy atom. The lowest BCUT2D eigenvalue weighted by molar-refractivity contribution is -0.169. The summed E-state index contributed by atoms with van der Waals surface area (Å²) in [4.78, 5) is 11.9. The van der Waals surface area contributed by atoms with Gasteiger partial charge in [-0.2, -0.15) is 0 Å². The van der Waals surface area contributed by atoms with Crippen LogP contribution in [-0.2, 0) is 9.53 Å². The van der Waals surface area contributed by atoms with E-state index in [4.69, 9.17) is 4.74 Å². The van der Waals surface area contributed by atoms with Crippen molar-refractivity contribution in [2.75, 3.05) is 0 Å². The molecule has 0 aromatic rings. The molecule has 4 atom stereocenters. The number of carbonyl (C=O) groups excluding carboxylic acids is 1. The molecule has 3 nitrogen and oxygen atoms in total. The van der Waals surface area contributed by atoms with Crippen LogP contribution < -0.4 is 0 Å². The summed E-state index contributed by atoms with van der Waals surface area (Å²) >= 11 is 0. The van der Waals surface area contributed by atoms with Gasteiger partial charge in [-0.05, 0) is 50.0 Å². The fourth-order valence-electron chi connectivity index (χ4n) is 3.75. The van der Waals surface area contributed by atoms with E-state index in [0.717, 1.165) is 17.9 Å². The van der Waals surface area contributed by atoms with Crippen molar-refractivity contribution in [3.63, 3.8) is 0 Å². The van der Waals surface area contributed by atoms with Crippen LogP contribution in [-0.4, -0.2) is 16.7 Å². The molecule has 0 unspecified atom stereocenters. The number of rotatable bonds is 8. The van der Waals surface area contributed by atoms with Gasteiger partial charge in [0.2, 0.25) is 5.78 Å². The maximum absolute atomic E-state index is 11.9. The molecule has 0 amide bonds. The van der Waals surface area contributed by atoms with Crippen LogP contribution >= 0.6 is 0 Å². The average Bonchev–Trinajstić information content (AvgIpc) is 2.62. The smallest absolute Gasteiger partial charge is 0.269 e. The molecule has 0 bridgehead atoms. The highest BCUT2D eigenvalue weighted by Crippen LogP contribution is 2.33. The summed E-state index contributed by atoms with van der Waals surface area (Å²) in [7, 11) is 0. The Morgan fingerprint density at radius 1 is 1.26 bits per heavy atom. The zero-order valence-electron chi connectivity index (χ0n) is 15.9. The van der Waals surface area contributed by atoms with E-state index >= 15 is 0 Å². The minimum absolute atomic E-state index is 0.338. The van der Waals surface area contributed by atoms with Crippen LogP contribution in [0.2, 0.25) is 0 Å². The lowest BCUT2D eigenvalue weighted by Crippen LogP contribution is -2.32. The van der Waals surface area contributed by atoms with E-state index in [2.05, 4.69) is 33.8 Å². The van der Waals surface area contributed by atoms with Gasteiger partial charge >= 0.3 is 0 Å². The maximum Gasteiger partial charge on any atom is 0.269 e. The van der Waals surface area contributed by atoms with E-state index in [-0.39, 0.29) is 5.78 Å². The number of carbonyl (C=O) groups is 1. The molecule has 1 N–H and O–H groups in total. The lowest BCUT2D eigenvalue weighted by atomic mass is 9.87. The zero-order valence-corrected chi connectivity index (χ0v) is 15.9. The summed E-state index contributed by atoms with van der Waals surface area (Å²) in [5.74, 6) is 0.376. The monoisotopic (exact) mass is 322 g/mol. The number of ketones is 1. The third kappa shape index (κ3) is 5.49. The van der Waals surface area contributed by atoms with Crippen molar-refractivity contribution in [3.8, 4) is 0 Å². The second kappa shape index (κ2) is 8.14. The molecule has 0 aromatic carbocycles. The summed E-state index contributed by atoms with van der Waals surface area (Å²) in [6.45, 7) is 14.2. The van der Waals surface area contributed by atoms with Crippen molar-refractivity contribution >= 4 is 5.78 Å². The van der Waals surface area contributed by atoms with Crippen LogP contribution in [0.1, 0.15) is 74.1 Å². The van der Waals surface area contributed by atoms with Crippen molar-refractivity contribution in [1.82, 2.24) is 0 Å². The van der Waals surface area contributed by atoms with E-state index in [1.807, 2.05) is 6.92 Å². The van der Waals surface area contributed by atoms with Gasteiger partial charge in [0, 0.05) is 12.5 Å². The van der Waals surface area contributed by atoms with Crippen LogP contribution in [0, 0.1) is 17.8 Å². The summed E-state index contributed by atoms with van der Waals surface area (Å²) in [5.41, 5.74) is 1.45. The highest BCUT2D eigenvalue weighted by molar-refractivity contribution is 6.03. The van der Waals surface area contributed by atoms with Crippen molar-refractivity contribution in [2.24, 2.45) is 17.8 Å². The number of allylic oxidation sites excluding steroid dienone is 2. The quantitative estimate of drug-likeness (QED) is 0.684. The predicted molar refractivity (Wildman–Crippen MR) is 94.8 cm³/mol. The van der Waals surface area contributed by atoms with Crippen LogP contribution in [0.5, 0.6) is 0 Å². The molecule has 1 heterocycles. The SMILES string of the molecule is CCC[C@H](C)C[C@H](C)C[C@H](C)/C=C(\C)C1=C(C)C(=O)[C@](C)(O)O1. The molecule has 1 rings (SSSR count). The van der Waals surface area contributed by atoms with Gasteiger partial charge in [0.05, 0.1) is 0 Å². The van der Waals surface area contributed by atoms with E-state index in [1.54, 1.807) is 6.92 Å². The van der Waals surface area contributed by atoms with Gasteiger partial charge in [0.15, 0.2) is 0 Å². The van der Waals surface area contributed by atoms with Gasteiger partial charge in [0.25, 0.3) is 5.79 Å². The Bertz CT molecular complexity index is 485. The first kappa shape index (κ1) is 20.0. The number of Topliss-reactive ketones (excluding diaryl/α,β-unsaturated/α-hetero) is 1. The molecular weight excluding hydrogens is 288 g/mol. The minimum atomic E-state index is -1.71. The zero-order chi connectivity index (χ0) is 17.8. The molecule has 0 saturated heterocycles. The standard InChI is InChI=1S/C20H34O3/c1-8-9-13(2)10-14(3)11-15(4)12-16(5)18-17(6)19(21)20(7,22)23-18/h12-15,22H,8-11H2,1-7H3/b16-12+/t13-,14-,15-,20+/m0/s1. The molecule has 0 fully saturated rings. The van der Waals surface area contributed by atoms with Gasteiger partial charge in [0.1, 0.15) is 5.76 Å². The van der Waals surface area contributed by atoms with Crippen molar-refractivity contribution in [2.45, 2.75) is 79.9 Å². The van der Waals surface area contributed by atoms with E-state index in [9.17, 15) is 9.90 Å². The van der Waals surface area contributed by atoms with Crippen molar-refractivity contribution in [1.29, 1.82) is 0 Å². The molecule has 3 heteroatoms. The first-order valence-corrected chi connectivity index (χ1v) is 8.94. The Kier molecular flexibility index (Phi) is 7.06. The molecule has 23 heavy (non-hydrogen) atoms. The van der Waals surface area contributed by atoms with Gasteiger partial charge in [-0.25, -0.2) is 0 Å². The maximum atomic E-state index is 11.9. The number of ether oxygens (including phenoxy) is 1. The normalized spacial score (nSPS) is 26.3. The van der Waals surface area contributed by atoms with Gasteiger partial charge < -0.3 is 9.84 Å². The second-order valence-electron chi connectivity index (χ2n) is 7.67. The fourth-order valence-corrected chi connectivity index (χ4v) is 3.75. The summed E-state index contributed by atoms with van der Waals surface area (Å²) in [5, 5.41) is 9.94. The van der Waals surface area contributed by atoms with E-state index < -0.39 is 5.79 Å². The molecule has 0 radical (unpaired) electrons. The van der Waals surface area contributed by atoms with Gasteiger partial charge in [-0.15, -0.1) is 0 Å². The molecular formula is C20H34O3. The molecule has 132 valence electrons. The Labute approximate surface area is 141 Å². The molecule has 1 aliphatic rings. The first-order chi connectivity index (χ1) is 10.6. The molecule has 0 saturated carbocycles. The topological polar surface area (TPSA) is 46.5 Å². The van der Waals surface area contributed by atoms with E-state index in [1.165, 1.54) is 26.2 Å². The van der Waals surface area contributed by atoms with Crippen LogP contribution in [0.15, 0.2) is 23.0 Å². The van der Waals surface area contributed by atoms with Crippen LogP contribution in [0.4, 0.5) is 0 Å². The van der Waals surface area contributed by atoms with Crippen molar-refractivity contribution in [3.05, 3.63) is 23.0 Å². The van der Waals surface area contributed by atoms with Crippen LogP contribution in [0.25, 0.3) is 0 Å². The number of aliphatic hydroxyl groups is 1. The Balaban J connectivity index is 2.66. The predicted octanol–water partition coefficient (Wildman–Crippen LogP) is 5.00. The fraction of sp³-hybridized carbons (Fsp3) is 0.750. The Morgan fingerprint density at radius 2 is 1.87 bits per heavy atom. The highest BCUT2D eigenvalue weighted by Gasteiger charge is 2.42. The first-order valence-electron chi connectivity index (χ1n) is 8.94. The summed E-state index contributed by atoms with van der Waals surface area (Å²) in [6.07, 6.45) is 7.10. The Hall–Kier alpha value is -1.09. The third-order valence-electron chi connectivity index (χ3n) is 4.66. The molecule has 0 spiro atoms. The van der Waals surface area contributed by atoms with Gasteiger partial charge in [-0.3, -0.25) is 4.79 Å². The number of hydrogen-bond donors (Lipinski definition) is 1. The third-order valence-corrected chi connectivity index (χ3v) is 4.66. The lowest BCUT2D eigenvalue weighted by Gasteiger charge is -2.20. The van der Waals surface area contributed by atoms with E-state index in [0.29, 0.717) is 23.2 Å². The average molecular weight is 322 g/mol. The molecule has 0 aromatic heterocycles. The van der Waals surface area contributed by atoms with Gasteiger partial charge in [-0.1, -0.05) is 46.6 Å². The summed E-state index contributed by atoms with van der Waals surface area (Å²) < 4.78 is 5.45. The highest BCUT2D eigenvalue weighted by atomic mass is 16.6.